The van der Waals surface area contributed by atoms with Crippen LogP contribution in [0.2, 0.25) is 0 Å². The molecular weight excluding hydrogens is 377 g/mol. The van der Waals surface area contributed by atoms with Gasteiger partial charge in [0, 0.05) is 23.8 Å². The summed E-state index contributed by atoms with van der Waals surface area (Å²) in [7, 11) is -3.76. The molecule has 0 aliphatic rings. The Kier molecular flexibility index (Phi) is 4.67. The number of halogens is 1. The van der Waals surface area contributed by atoms with Crippen molar-refractivity contribution in [3.05, 3.63) is 97.3 Å². The van der Waals surface area contributed by atoms with E-state index in [-0.39, 0.29) is 10.7 Å². The number of imidazole rings is 1. The standard InChI is InChI=1S/C21H16FN3O2S/c22-18-6-4-16(5-7-18)17-2-1-3-21(14-17)28(26,27)24-19-8-10-20(11-9-19)25-13-12-23-15-25/h1-15,24H. The Morgan fingerprint density at radius 2 is 1.64 bits per heavy atom. The van der Waals surface area contributed by atoms with Crippen LogP contribution in [0.3, 0.4) is 0 Å². The van der Waals surface area contributed by atoms with Crippen LogP contribution in [0, 0.1) is 5.82 Å². The molecule has 0 amide bonds. The maximum atomic E-state index is 13.1. The van der Waals surface area contributed by atoms with Crippen molar-refractivity contribution in [2.24, 2.45) is 0 Å². The fraction of sp³-hybridized carbons (Fsp3) is 0. The second-order valence-electron chi connectivity index (χ2n) is 6.16. The lowest BCUT2D eigenvalue weighted by Gasteiger charge is -2.10. The van der Waals surface area contributed by atoms with Crippen molar-refractivity contribution >= 4 is 15.7 Å². The fourth-order valence-electron chi connectivity index (χ4n) is 2.81. The molecule has 0 fully saturated rings. The zero-order valence-corrected chi connectivity index (χ0v) is 15.5. The second kappa shape index (κ2) is 7.28. The minimum absolute atomic E-state index is 0.132. The highest BCUT2D eigenvalue weighted by Crippen LogP contribution is 2.24. The van der Waals surface area contributed by atoms with E-state index >= 15 is 0 Å². The van der Waals surface area contributed by atoms with Gasteiger partial charge in [-0.2, -0.15) is 0 Å². The first kappa shape index (κ1) is 17.9. The highest BCUT2D eigenvalue weighted by Gasteiger charge is 2.15. The van der Waals surface area contributed by atoms with Crippen LogP contribution in [-0.2, 0) is 10.0 Å². The molecule has 3 aromatic carbocycles. The summed E-state index contributed by atoms with van der Waals surface area (Å²) in [6, 6.07) is 19.4. The third-order valence-electron chi connectivity index (χ3n) is 4.24. The van der Waals surface area contributed by atoms with Crippen molar-refractivity contribution in [2.45, 2.75) is 4.90 Å². The summed E-state index contributed by atoms with van der Waals surface area (Å²) in [5, 5.41) is 0. The summed E-state index contributed by atoms with van der Waals surface area (Å²) < 4.78 is 43.1. The van der Waals surface area contributed by atoms with Gasteiger partial charge in [-0.1, -0.05) is 24.3 Å². The van der Waals surface area contributed by atoms with Crippen LogP contribution in [0.25, 0.3) is 16.8 Å². The Morgan fingerprint density at radius 3 is 2.32 bits per heavy atom. The molecule has 0 spiro atoms. The number of benzene rings is 3. The molecule has 0 bridgehead atoms. The van der Waals surface area contributed by atoms with Crippen molar-refractivity contribution in [3.63, 3.8) is 0 Å². The lowest BCUT2D eigenvalue weighted by molar-refractivity contribution is 0.601. The molecule has 0 radical (unpaired) electrons. The topological polar surface area (TPSA) is 64.0 Å². The van der Waals surface area contributed by atoms with Gasteiger partial charge in [-0.15, -0.1) is 0 Å². The van der Waals surface area contributed by atoms with Crippen molar-refractivity contribution in [3.8, 4) is 16.8 Å². The maximum absolute atomic E-state index is 13.1. The number of hydrogen-bond acceptors (Lipinski definition) is 3. The van der Waals surface area contributed by atoms with Crippen LogP contribution >= 0.6 is 0 Å². The molecule has 1 heterocycles. The molecule has 0 atom stereocenters. The average Bonchev–Trinajstić information content (AvgIpc) is 3.24. The molecule has 0 aliphatic carbocycles. The Labute approximate surface area is 162 Å². The van der Waals surface area contributed by atoms with E-state index in [4.69, 9.17) is 0 Å². The number of nitrogens with zero attached hydrogens (tertiary/aromatic N) is 2. The normalized spacial score (nSPS) is 11.3. The molecule has 0 unspecified atom stereocenters. The molecule has 4 aromatic rings. The first-order valence-corrected chi connectivity index (χ1v) is 9.97. The Hall–Kier alpha value is -3.45. The largest absolute Gasteiger partial charge is 0.306 e. The van der Waals surface area contributed by atoms with E-state index in [1.165, 1.54) is 18.2 Å². The molecule has 7 heteroatoms. The third kappa shape index (κ3) is 3.79. The van der Waals surface area contributed by atoms with Gasteiger partial charge < -0.3 is 4.57 Å². The van der Waals surface area contributed by atoms with Gasteiger partial charge in [0.25, 0.3) is 10.0 Å². The Morgan fingerprint density at radius 1 is 0.893 bits per heavy atom. The summed E-state index contributed by atoms with van der Waals surface area (Å²) in [4.78, 5) is 4.12. The van der Waals surface area contributed by atoms with Gasteiger partial charge >= 0.3 is 0 Å². The zero-order valence-electron chi connectivity index (χ0n) is 14.7. The van der Waals surface area contributed by atoms with E-state index < -0.39 is 10.0 Å². The SMILES string of the molecule is O=S(=O)(Nc1ccc(-n2ccnc2)cc1)c1cccc(-c2ccc(F)cc2)c1. The smallest absolute Gasteiger partial charge is 0.261 e. The third-order valence-corrected chi connectivity index (χ3v) is 5.62. The summed E-state index contributed by atoms with van der Waals surface area (Å²) in [5.74, 6) is -0.340. The first-order valence-electron chi connectivity index (χ1n) is 8.48. The van der Waals surface area contributed by atoms with Gasteiger partial charge in [0.1, 0.15) is 5.82 Å². The van der Waals surface area contributed by atoms with Crippen LogP contribution in [0.5, 0.6) is 0 Å². The molecule has 0 saturated carbocycles. The average molecular weight is 393 g/mol. The van der Waals surface area contributed by atoms with Crippen LogP contribution < -0.4 is 4.72 Å². The maximum Gasteiger partial charge on any atom is 0.261 e. The van der Waals surface area contributed by atoms with Gasteiger partial charge in [-0.05, 0) is 59.7 Å². The molecule has 0 saturated heterocycles. The summed E-state index contributed by atoms with van der Waals surface area (Å²) in [5.41, 5.74) is 2.76. The highest BCUT2D eigenvalue weighted by atomic mass is 32.2. The minimum atomic E-state index is -3.76. The van der Waals surface area contributed by atoms with Crippen molar-refractivity contribution in [2.75, 3.05) is 4.72 Å². The van der Waals surface area contributed by atoms with Crippen molar-refractivity contribution in [1.82, 2.24) is 9.55 Å². The number of sulfonamides is 1. The highest BCUT2D eigenvalue weighted by molar-refractivity contribution is 7.92. The fourth-order valence-corrected chi connectivity index (χ4v) is 3.92. The quantitative estimate of drug-likeness (QED) is 0.544. The number of nitrogens with one attached hydrogen (secondary N) is 1. The van der Waals surface area contributed by atoms with Gasteiger partial charge in [0.2, 0.25) is 0 Å². The van der Waals surface area contributed by atoms with Gasteiger partial charge in [-0.3, -0.25) is 4.72 Å². The lowest BCUT2D eigenvalue weighted by atomic mass is 10.1. The predicted molar refractivity (Wildman–Crippen MR) is 106 cm³/mol. The van der Waals surface area contributed by atoms with E-state index in [1.54, 1.807) is 73.3 Å². The van der Waals surface area contributed by atoms with E-state index in [0.717, 1.165) is 11.3 Å². The van der Waals surface area contributed by atoms with Crippen molar-refractivity contribution in [1.29, 1.82) is 0 Å². The van der Waals surface area contributed by atoms with Crippen LogP contribution in [0.4, 0.5) is 10.1 Å². The molecule has 1 aromatic heterocycles. The van der Waals surface area contributed by atoms with E-state index in [1.807, 2.05) is 4.57 Å². The summed E-state index contributed by atoms with van der Waals surface area (Å²) in [6.07, 6.45) is 5.14. The number of rotatable bonds is 5. The van der Waals surface area contributed by atoms with E-state index in [0.29, 0.717) is 11.3 Å². The van der Waals surface area contributed by atoms with Gasteiger partial charge in [0.05, 0.1) is 11.2 Å². The van der Waals surface area contributed by atoms with Crippen LogP contribution in [0.1, 0.15) is 0 Å². The van der Waals surface area contributed by atoms with Gasteiger partial charge in [-0.25, -0.2) is 17.8 Å². The molecule has 4 rings (SSSR count). The molecule has 0 aliphatic heterocycles. The minimum Gasteiger partial charge on any atom is -0.306 e. The monoisotopic (exact) mass is 393 g/mol. The van der Waals surface area contributed by atoms with Gasteiger partial charge in [0.15, 0.2) is 0 Å². The summed E-state index contributed by atoms with van der Waals surface area (Å²) in [6.45, 7) is 0. The number of anilines is 1. The molecule has 1 N–H and O–H groups in total. The molecule has 28 heavy (non-hydrogen) atoms. The Balaban J connectivity index is 1.58. The van der Waals surface area contributed by atoms with E-state index in [9.17, 15) is 12.8 Å². The first-order chi connectivity index (χ1) is 13.5. The predicted octanol–water partition coefficient (Wildman–Crippen LogP) is 4.48. The summed E-state index contributed by atoms with van der Waals surface area (Å²) >= 11 is 0. The lowest BCUT2D eigenvalue weighted by Crippen LogP contribution is -2.13. The zero-order chi connectivity index (χ0) is 19.6. The van der Waals surface area contributed by atoms with Crippen LogP contribution in [0.15, 0.2) is 96.4 Å². The second-order valence-corrected chi connectivity index (χ2v) is 7.84. The Bertz CT molecular complexity index is 1190. The van der Waals surface area contributed by atoms with E-state index in [2.05, 4.69) is 9.71 Å². The van der Waals surface area contributed by atoms with Crippen LogP contribution in [-0.4, -0.2) is 18.0 Å². The molecule has 140 valence electrons. The van der Waals surface area contributed by atoms with Crippen molar-refractivity contribution < 1.29 is 12.8 Å². The number of hydrogen-bond donors (Lipinski definition) is 1. The number of aromatic nitrogens is 2. The molecular formula is C21H16FN3O2S. The molecule has 5 nitrogen and oxygen atoms in total.